The zero-order valence-corrected chi connectivity index (χ0v) is 36.8. The Morgan fingerprint density at radius 3 is 0.977 bits per heavy atom. The van der Waals surface area contributed by atoms with Crippen LogP contribution in [-0.2, 0) is 0 Å². The Labute approximate surface area is 299 Å². The summed E-state index contributed by atoms with van der Waals surface area (Å²) in [6.07, 6.45) is 42.0. The number of hydrogen-bond acceptors (Lipinski definition) is 0. The van der Waals surface area contributed by atoms with Crippen LogP contribution in [0.15, 0.2) is 0 Å². The van der Waals surface area contributed by atoms with Gasteiger partial charge in [0.1, 0.15) is 0 Å². The molecule has 0 aliphatic carbocycles. The third-order valence-corrected chi connectivity index (χ3v) is 41.7. The van der Waals surface area contributed by atoms with E-state index < -0.39 is 12.6 Å². The normalized spacial score (nSPS) is 14.6. The summed E-state index contributed by atoms with van der Waals surface area (Å²) >= 11 is 0. The standard InChI is InChI=1S/C40H88P2.BrH.ClH/c1-10-19-27-28-29-30-38-41(32-21-12-3,33-22-13-4,34-23-14-5)42(35-24-15-6,36-25-16-7,37-26-17-8)39-40(18-9)31-20-11-2;;/h40H,10-39H2,1-9H3;2*1H. The van der Waals surface area contributed by atoms with Crippen molar-refractivity contribution in [3.05, 3.63) is 0 Å². The summed E-state index contributed by atoms with van der Waals surface area (Å²) in [5.41, 5.74) is 0. The maximum Gasteiger partial charge on any atom is -0.147 e. The first-order valence-corrected chi connectivity index (χ1v) is 27.0. The van der Waals surface area contributed by atoms with Crippen LogP contribution in [0.3, 0.4) is 0 Å². The van der Waals surface area contributed by atoms with Gasteiger partial charge in [0.25, 0.3) is 0 Å². The predicted molar refractivity (Wildman–Crippen MR) is 226 cm³/mol. The molecule has 274 valence electrons. The molecule has 0 radical (unpaired) electrons. The summed E-state index contributed by atoms with van der Waals surface area (Å²) in [6, 6.07) is 0. The minimum atomic E-state index is -2.07. The van der Waals surface area contributed by atoms with Gasteiger partial charge in [-0.25, -0.2) is 0 Å². The van der Waals surface area contributed by atoms with Gasteiger partial charge >= 0.3 is 271 Å². The molecule has 0 fully saturated rings. The third kappa shape index (κ3) is 13.9. The minimum absolute atomic E-state index is 0. The largest absolute Gasteiger partial charge is 0.147 e. The summed E-state index contributed by atoms with van der Waals surface area (Å²) in [7, 11) is 0. The van der Waals surface area contributed by atoms with Gasteiger partial charge in [-0.1, -0.05) is 0 Å². The molecule has 1 unspecified atom stereocenters. The molecule has 0 heterocycles. The molecule has 0 rings (SSSR count). The second kappa shape index (κ2) is 28.5. The fraction of sp³-hybridized carbons (Fsp3) is 1.00. The smallest absolute Gasteiger partial charge is 0.147 e. The van der Waals surface area contributed by atoms with E-state index in [2.05, 4.69) is 62.3 Å². The first-order chi connectivity index (χ1) is 20.3. The van der Waals surface area contributed by atoms with Crippen LogP contribution in [-0.4, -0.2) is 49.3 Å². The Bertz CT molecular complexity index is 575. The summed E-state index contributed by atoms with van der Waals surface area (Å²) < 4.78 is 0. The number of rotatable bonds is 32. The van der Waals surface area contributed by atoms with Crippen molar-refractivity contribution in [3.8, 4) is 0 Å². The molecule has 0 spiro atoms. The second-order valence-corrected chi connectivity index (χ2v) is 33.3. The van der Waals surface area contributed by atoms with Crippen molar-refractivity contribution >= 4 is 42.0 Å². The van der Waals surface area contributed by atoms with Crippen LogP contribution in [0.1, 0.15) is 204 Å². The Morgan fingerprint density at radius 2 is 0.636 bits per heavy atom. The first-order valence-electron chi connectivity index (χ1n) is 20.3. The number of hydrogen-bond donors (Lipinski definition) is 0. The van der Waals surface area contributed by atoms with E-state index in [9.17, 15) is 0 Å². The van der Waals surface area contributed by atoms with E-state index in [0.29, 0.717) is 0 Å². The molecule has 0 amide bonds. The molecule has 1 atom stereocenters. The monoisotopic (exact) mass is 747 g/mol. The molecule has 4 heteroatoms. The van der Waals surface area contributed by atoms with E-state index in [4.69, 9.17) is 0 Å². The van der Waals surface area contributed by atoms with Gasteiger partial charge in [-0.3, -0.25) is 0 Å². The maximum atomic E-state index is 2.60. The Morgan fingerprint density at radius 1 is 0.341 bits per heavy atom. The van der Waals surface area contributed by atoms with Crippen molar-refractivity contribution in [2.75, 3.05) is 49.3 Å². The molecule has 44 heavy (non-hydrogen) atoms. The molecule has 0 saturated carbocycles. The molecule has 0 aliphatic heterocycles. The SMILES string of the molecule is Br.CCCCCCCCP(CCCC)(CCCC)(CCCC)P(CCCC)(CCCC)(CCCC)CC(CC)CCCC.Cl. The van der Waals surface area contributed by atoms with Gasteiger partial charge in [-0.2, -0.15) is 0 Å². The number of halogens is 2. The molecule has 0 aromatic heterocycles. The van der Waals surface area contributed by atoms with Crippen LogP contribution in [0.4, 0.5) is 0 Å². The van der Waals surface area contributed by atoms with E-state index in [1.807, 2.05) is 0 Å². The van der Waals surface area contributed by atoms with Crippen LogP contribution in [0.2, 0.25) is 0 Å². The van der Waals surface area contributed by atoms with Gasteiger partial charge < -0.3 is 0 Å². The topological polar surface area (TPSA) is 0 Å². The average molecular weight is 748 g/mol. The van der Waals surface area contributed by atoms with Crippen molar-refractivity contribution in [1.29, 1.82) is 0 Å². The van der Waals surface area contributed by atoms with Crippen molar-refractivity contribution in [2.24, 2.45) is 5.92 Å². The molecule has 0 aliphatic rings. The average Bonchev–Trinajstić information content (AvgIpc) is 3.02. The molecular weight excluding hydrogens is 658 g/mol. The summed E-state index contributed by atoms with van der Waals surface area (Å²) in [6.45, 7) is 22.6. The van der Waals surface area contributed by atoms with E-state index in [1.54, 1.807) is 55.7 Å². The van der Waals surface area contributed by atoms with Crippen LogP contribution in [0.5, 0.6) is 0 Å². The predicted octanol–water partition coefficient (Wildman–Crippen LogP) is 16.4. The molecule has 0 bridgehead atoms. The van der Waals surface area contributed by atoms with Crippen molar-refractivity contribution < 1.29 is 0 Å². The number of unbranched alkanes of at least 4 members (excludes halogenated alkanes) is 12. The fourth-order valence-electron chi connectivity index (χ4n) is 9.76. The minimum Gasteiger partial charge on any atom is -0.147 e. The Balaban J connectivity index is -0.00000840. The van der Waals surface area contributed by atoms with Gasteiger partial charge in [0.15, 0.2) is 0 Å². The van der Waals surface area contributed by atoms with E-state index in [0.717, 1.165) is 5.92 Å². The molecule has 0 aromatic rings. The molecule has 0 N–H and O–H groups in total. The molecule has 0 nitrogen and oxygen atoms in total. The van der Waals surface area contributed by atoms with Crippen molar-refractivity contribution in [2.45, 2.75) is 204 Å². The maximum absolute atomic E-state index is 2.60. The quantitative estimate of drug-likeness (QED) is 0.0475. The fourth-order valence-corrected chi connectivity index (χ4v) is 43.2. The second-order valence-electron chi connectivity index (χ2n) is 15.4. The van der Waals surface area contributed by atoms with E-state index in [1.165, 1.54) is 135 Å². The zero-order chi connectivity index (χ0) is 31.7. The van der Waals surface area contributed by atoms with E-state index >= 15 is 0 Å². The zero-order valence-electron chi connectivity index (χ0n) is 32.5. The van der Waals surface area contributed by atoms with Gasteiger partial charge in [0.2, 0.25) is 0 Å². The third-order valence-electron chi connectivity index (χ3n) is 12.5. The van der Waals surface area contributed by atoms with Gasteiger partial charge in [0.05, 0.1) is 0 Å². The van der Waals surface area contributed by atoms with Crippen LogP contribution < -0.4 is 0 Å². The van der Waals surface area contributed by atoms with Crippen LogP contribution in [0.25, 0.3) is 0 Å². The molecule has 0 saturated heterocycles. The van der Waals surface area contributed by atoms with Crippen LogP contribution >= 0.6 is 42.0 Å². The van der Waals surface area contributed by atoms with Gasteiger partial charge in [-0.05, 0) is 0 Å². The summed E-state index contributed by atoms with van der Waals surface area (Å²) in [4.78, 5) is 0. The van der Waals surface area contributed by atoms with E-state index in [-0.39, 0.29) is 29.4 Å². The molecular formula is C40H90BrClP2. The molecule has 0 aromatic carbocycles. The Kier molecular flexibility index (Phi) is 32.4. The summed E-state index contributed by atoms with van der Waals surface area (Å²) in [5, 5.41) is 0. The van der Waals surface area contributed by atoms with Gasteiger partial charge in [0, 0.05) is 0 Å². The summed E-state index contributed by atoms with van der Waals surface area (Å²) in [5.74, 6) is 0.990. The first kappa shape index (κ1) is 50.0. The van der Waals surface area contributed by atoms with Gasteiger partial charge in [-0.15, -0.1) is 29.4 Å². The van der Waals surface area contributed by atoms with Crippen molar-refractivity contribution in [1.82, 2.24) is 0 Å². The van der Waals surface area contributed by atoms with Crippen molar-refractivity contribution in [3.63, 3.8) is 0 Å². The Hall–Kier alpha value is 1.63. The van der Waals surface area contributed by atoms with Crippen LogP contribution in [0, 0.1) is 5.92 Å².